The molecule has 7 heteroatoms. The highest BCUT2D eigenvalue weighted by Crippen LogP contribution is 2.33. The summed E-state index contributed by atoms with van der Waals surface area (Å²) in [6, 6.07) is 13.4. The van der Waals surface area contributed by atoms with Crippen LogP contribution in [-0.4, -0.2) is 28.9 Å². The molecule has 3 aromatic rings. The van der Waals surface area contributed by atoms with Crippen LogP contribution in [0, 0.1) is 0 Å². The van der Waals surface area contributed by atoms with Gasteiger partial charge in [-0.25, -0.2) is 4.68 Å². The molecule has 0 atom stereocenters. The van der Waals surface area contributed by atoms with Gasteiger partial charge in [-0.2, -0.15) is 5.10 Å². The number of amides is 1. The van der Waals surface area contributed by atoms with Crippen LogP contribution < -0.4 is 14.8 Å². The molecule has 0 saturated heterocycles. The van der Waals surface area contributed by atoms with Crippen molar-refractivity contribution in [3.05, 3.63) is 63.9 Å². The lowest BCUT2D eigenvalue weighted by Crippen LogP contribution is -2.17. The molecule has 2 heterocycles. The molecule has 2 aliphatic rings. The van der Waals surface area contributed by atoms with Gasteiger partial charge in [0.15, 0.2) is 17.2 Å². The molecule has 1 N–H and O–H groups in total. The third-order valence-electron chi connectivity index (χ3n) is 5.25. The van der Waals surface area contributed by atoms with E-state index in [0.29, 0.717) is 36.1 Å². The maximum absolute atomic E-state index is 13.1. The second-order valence-corrected chi connectivity index (χ2v) is 8.10. The van der Waals surface area contributed by atoms with Gasteiger partial charge in [-0.1, -0.05) is 22.0 Å². The van der Waals surface area contributed by atoms with Gasteiger partial charge in [0.2, 0.25) is 0 Å². The molecular formula is C22H20BrN3O3. The van der Waals surface area contributed by atoms with Crippen molar-refractivity contribution in [2.75, 3.05) is 18.5 Å². The van der Waals surface area contributed by atoms with Crippen molar-refractivity contribution >= 4 is 27.5 Å². The van der Waals surface area contributed by atoms with Crippen molar-refractivity contribution in [1.82, 2.24) is 9.78 Å². The molecule has 2 aromatic carbocycles. The normalized spacial score (nSPS) is 14.9. The molecule has 0 unspecified atom stereocenters. The highest BCUT2D eigenvalue weighted by atomic mass is 79.9. The minimum atomic E-state index is -0.200. The summed E-state index contributed by atoms with van der Waals surface area (Å²) in [5.41, 5.74) is 4.29. The summed E-state index contributed by atoms with van der Waals surface area (Å²) in [6.07, 6.45) is 3.97. The molecule has 1 aliphatic carbocycles. The minimum Gasteiger partial charge on any atom is -0.486 e. The summed E-state index contributed by atoms with van der Waals surface area (Å²) in [4.78, 5) is 13.1. The highest BCUT2D eigenvalue weighted by Gasteiger charge is 2.26. The zero-order chi connectivity index (χ0) is 19.8. The fraction of sp³-hybridized carbons (Fsp3) is 0.273. The van der Waals surface area contributed by atoms with E-state index < -0.39 is 0 Å². The first-order valence-electron chi connectivity index (χ1n) is 9.77. The predicted octanol–water partition coefficient (Wildman–Crippen LogP) is 4.54. The summed E-state index contributed by atoms with van der Waals surface area (Å²) in [6.45, 7) is 1.05. The van der Waals surface area contributed by atoms with Crippen LogP contribution >= 0.6 is 15.9 Å². The van der Waals surface area contributed by atoms with Crippen LogP contribution in [0.5, 0.6) is 11.5 Å². The van der Waals surface area contributed by atoms with Gasteiger partial charge in [0.1, 0.15) is 13.2 Å². The zero-order valence-electron chi connectivity index (χ0n) is 15.8. The van der Waals surface area contributed by atoms with Gasteiger partial charge in [0.05, 0.1) is 5.69 Å². The van der Waals surface area contributed by atoms with Crippen LogP contribution in [0.2, 0.25) is 0 Å². The number of benzene rings is 2. The fourth-order valence-corrected chi connectivity index (χ4v) is 4.30. The van der Waals surface area contributed by atoms with Crippen LogP contribution in [-0.2, 0) is 12.8 Å². The average molecular weight is 454 g/mol. The number of nitrogens with zero attached hydrogens (tertiary/aromatic N) is 2. The molecule has 0 spiro atoms. The van der Waals surface area contributed by atoms with Crippen LogP contribution in [0.4, 0.5) is 5.69 Å². The minimum absolute atomic E-state index is 0.200. The van der Waals surface area contributed by atoms with Crippen molar-refractivity contribution in [1.29, 1.82) is 0 Å². The van der Waals surface area contributed by atoms with Crippen LogP contribution in [0.25, 0.3) is 5.69 Å². The van der Waals surface area contributed by atoms with E-state index in [0.717, 1.165) is 47.1 Å². The molecule has 1 aromatic heterocycles. The Morgan fingerprint density at radius 3 is 2.72 bits per heavy atom. The quantitative estimate of drug-likeness (QED) is 0.632. The average Bonchev–Trinajstić information content (AvgIpc) is 3.14. The molecule has 1 amide bonds. The second-order valence-electron chi connectivity index (χ2n) is 7.19. The summed E-state index contributed by atoms with van der Waals surface area (Å²) < 4.78 is 14.1. The van der Waals surface area contributed by atoms with Crippen molar-refractivity contribution in [2.45, 2.75) is 25.7 Å². The Hall–Kier alpha value is -2.80. The van der Waals surface area contributed by atoms with Crippen molar-refractivity contribution in [2.24, 2.45) is 0 Å². The molecule has 5 rings (SSSR count). The SMILES string of the molecule is O=C(Nc1ccc2c(c1)OCCO2)c1nn(-c2cccc(Br)c2)c2c1CCCC2. The lowest BCUT2D eigenvalue weighted by atomic mass is 9.95. The molecule has 0 radical (unpaired) electrons. The first-order valence-corrected chi connectivity index (χ1v) is 10.6. The van der Waals surface area contributed by atoms with Gasteiger partial charge >= 0.3 is 0 Å². The fourth-order valence-electron chi connectivity index (χ4n) is 3.91. The van der Waals surface area contributed by atoms with Gasteiger partial charge in [0.25, 0.3) is 5.91 Å². The smallest absolute Gasteiger partial charge is 0.276 e. The standard InChI is InChI=1S/C22H20BrN3O3/c23-14-4-3-5-16(12-14)26-18-7-2-1-6-17(18)21(25-26)22(27)24-15-8-9-19-20(13-15)29-11-10-28-19/h3-5,8-9,12-13H,1-2,6-7,10-11H2,(H,24,27). The number of rotatable bonds is 3. The number of carbonyl (C=O) groups is 1. The van der Waals surface area contributed by atoms with E-state index in [4.69, 9.17) is 14.6 Å². The molecule has 0 saturated carbocycles. The molecule has 0 fully saturated rings. The number of hydrogen-bond acceptors (Lipinski definition) is 4. The number of hydrogen-bond donors (Lipinski definition) is 1. The highest BCUT2D eigenvalue weighted by molar-refractivity contribution is 9.10. The van der Waals surface area contributed by atoms with E-state index >= 15 is 0 Å². The third-order valence-corrected chi connectivity index (χ3v) is 5.74. The van der Waals surface area contributed by atoms with Gasteiger partial charge < -0.3 is 14.8 Å². The van der Waals surface area contributed by atoms with E-state index in [2.05, 4.69) is 21.2 Å². The van der Waals surface area contributed by atoms with Gasteiger partial charge in [-0.05, 0) is 56.0 Å². The summed E-state index contributed by atoms with van der Waals surface area (Å²) in [5.74, 6) is 1.15. The lowest BCUT2D eigenvalue weighted by Gasteiger charge is -2.19. The van der Waals surface area contributed by atoms with E-state index in [1.807, 2.05) is 41.1 Å². The first kappa shape index (κ1) is 18.2. The van der Waals surface area contributed by atoms with E-state index in [9.17, 15) is 4.79 Å². The number of ether oxygens (including phenoxy) is 2. The van der Waals surface area contributed by atoms with Gasteiger partial charge in [-0.15, -0.1) is 0 Å². The Bertz CT molecular complexity index is 1090. The number of carbonyl (C=O) groups excluding carboxylic acids is 1. The third kappa shape index (κ3) is 3.51. The molecule has 1 aliphatic heterocycles. The predicted molar refractivity (Wildman–Crippen MR) is 113 cm³/mol. The van der Waals surface area contributed by atoms with Crippen LogP contribution in [0.15, 0.2) is 46.9 Å². The summed E-state index contributed by atoms with van der Waals surface area (Å²) >= 11 is 3.52. The number of nitrogens with one attached hydrogen (secondary N) is 1. The molecule has 6 nitrogen and oxygen atoms in total. The second kappa shape index (κ2) is 7.55. The largest absolute Gasteiger partial charge is 0.486 e. The Morgan fingerprint density at radius 2 is 1.86 bits per heavy atom. The Labute approximate surface area is 177 Å². The molecule has 148 valence electrons. The van der Waals surface area contributed by atoms with Gasteiger partial charge in [-0.3, -0.25) is 4.79 Å². The maximum Gasteiger partial charge on any atom is 0.276 e. The summed E-state index contributed by atoms with van der Waals surface area (Å²) in [5, 5.41) is 7.69. The van der Waals surface area contributed by atoms with Crippen molar-refractivity contribution in [3.63, 3.8) is 0 Å². The van der Waals surface area contributed by atoms with E-state index in [1.165, 1.54) is 0 Å². The number of aromatic nitrogens is 2. The Morgan fingerprint density at radius 1 is 1.03 bits per heavy atom. The van der Waals surface area contributed by atoms with Crippen LogP contribution in [0.1, 0.15) is 34.6 Å². The number of halogens is 1. The summed E-state index contributed by atoms with van der Waals surface area (Å²) in [7, 11) is 0. The Balaban J connectivity index is 1.48. The van der Waals surface area contributed by atoms with Gasteiger partial charge in [0, 0.05) is 27.5 Å². The lowest BCUT2D eigenvalue weighted by molar-refractivity contribution is 0.102. The number of fused-ring (bicyclic) bond motifs is 2. The van der Waals surface area contributed by atoms with E-state index in [1.54, 1.807) is 6.07 Å². The molecule has 0 bridgehead atoms. The van der Waals surface area contributed by atoms with Crippen molar-refractivity contribution in [3.8, 4) is 17.2 Å². The van der Waals surface area contributed by atoms with E-state index in [-0.39, 0.29) is 5.91 Å². The topological polar surface area (TPSA) is 65.4 Å². The van der Waals surface area contributed by atoms with Crippen LogP contribution in [0.3, 0.4) is 0 Å². The number of anilines is 1. The monoisotopic (exact) mass is 453 g/mol. The Kier molecular flexibility index (Phi) is 4.75. The van der Waals surface area contributed by atoms with Crippen molar-refractivity contribution < 1.29 is 14.3 Å². The molecule has 29 heavy (non-hydrogen) atoms. The first-order chi connectivity index (χ1) is 14.2. The maximum atomic E-state index is 13.1. The zero-order valence-corrected chi connectivity index (χ0v) is 17.4. The molecular weight excluding hydrogens is 434 g/mol.